The summed E-state index contributed by atoms with van der Waals surface area (Å²) in [5.41, 5.74) is 0.722. The molecule has 0 bridgehead atoms. The number of carbonyl (C=O) groups is 1. The molecule has 0 aromatic heterocycles. The molecule has 1 aromatic rings. The summed E-state index contributed by atoms with van der Waals surface area (Å²) in [6, 6.07) is 4.52. The van der Waals surface area contributed by atoms with Gasteiger partial charge in [0.1, 0.15) is 5.82 Å². The third kappa shape index (κ3) is 2.12. The zero-order valence-electron chi connectivity index (χ0n) is 7.63. The monoisotopic (exact) mass is 182 g/mol. The Balaban J connectivity index is 3.17. The first kappa shape index (κ1) is 9.86. The van der Waals surface area contributed by atoms with Crippen molar-refractivity contribution in [3.05, 3.63) is 35.1 Å². The van der Waals surface area contributed by atoms with Crippen molar-refractivity contribution < 1.29 is 13.9 Å². The maximum atomic E-state index is 13.1. The van der Waals surface area contributed by atoms with Crippen LogP contribution in [0.2, 0.25) is 0 Å². The van der Waals surface area contributed by atoms with Crippen LogP contribution in [-0.2, 0) is 11.3 Å². The summed E-state index contributed by atoms with van der Waals surface area (Å²) in [5, 5.41) is 0. The molecule has 0 aliphatic carbocycles. The van der Waals surface area contributed by atoms with Crippen LogP contribution in [0.5, 0.6) is 0 Å². The van der Waals surface area contributed by atoms with Crippen molar-refractivity contribution in [1.82, 2.24) is 0 Å². The molecule has 0 saturated heterocycles. The fraction of sp³-hybridized carbons (Fsp3) is 0.300. The summed E-state index contributed by atoms with van der Waals surface area (Å²) in [6.45, 7) is 1.60. The second kappa shape index (κ2) is 4.14. The van der Waals surface area contributed by atoms with E-state index in [1.54, 1.807) is 12.1 Å². The average molecular weight is 182 g/mol. The molecular formula is C10H11FO2. The first-order valence-corrected chi connectivity index (χ1v) is 3.94. The van der Waals surface area contributed by atoms with Crippen LogP contribution in [-0.4, -0.2) is 12.9 Å². The number of rotatable bonds is 3. The number of methoxy groups -OCH3 is 1. The van der Waals surface area contributed by atoms with E-state index < -0.39 is 5.82 Å². The molecule has 0 amide bonds. The van der Waals surface area contributed by atoms with Gasteiger partial charge in [-0.05, 0) is 18.6 Å². The van der Waals surface area contributed by atoms with Gasteiger partial charge in [0.15, 0.2) is 5.78 Å². The van der Waals surface area contributed by atoms with E-state index in [4.69, 9.17) is 4.74 Å². The zero-order valence-corrected chi connectivity index (χ0v) is 7.63. The maximum Gasteiger partial charge on any atom is 0.163 e. The van der Waals surface area contributed by atoms with Crippen molar-refractivity contribution in [3.8, 4) is 0 Å². The molecule has 3 heteroatoms. The number of ether oxygens (including phenoxy) is 1. The number of Topliss-reactive ketones (excluding diaryl/α,β-unsaturated/α-hetero) is 1. The topological polar surface area (TPSA) is 26.3 Å². The Labute approximate surface area is 76.3 Å². The van der Waals surface area contributed by atoms with Gasteiger partial charge in [-0.2, -0.15) is 0 Å². The highest BCUT2D eigenvalue weighted by Crippen LogP contribution is 2.14. The van der Waals surface area contributed by atoms with Gasteiger partial charge in [0.05, 0.1) is 12.2 Å². The fourth-order valence-corrected chi connectivity index (χ4v) is 1.24. The summed E-state index contributed by atoms with van der Waals surface area (Å²) < 4.78 is 18.0. The van der Waals surface area contributed by atoms with Crippen molar-refractivity contribution >= 4 is 5.78 Å². The summed E-state index contributed by atoms with van der Waals surface area (Å²) in [7, 11) is 1.51. The average Bonchev–Trinajstić information content (AvgIpc) is 2.04. The predicted octanol–water partition coefficient (Wildman–Crippen LogP) is 2.17. The lowest BCUT2D eigenvalue weighted by Crippen LogP contribution is -2.04. The van der Waals surface area contributed by atoms with Crippen molar-refractivity contribution in [1.29, 1.82) is 0 Å². The molecule has 0 N–H and O–H groups in total. The van der Waals surface area contributed by atoms with Gasteiger partial charge < -0.3 is 4.74 Å². The SMILES string of the molecule is COCc1cccc(F)c1C(C)=O. The molecule has 13 heavy (non-hydrogen) atoms. The van der Waals surface area contributed by atoms with E-state index in [0.717, 1.165) is 0 Å². The molecule has 0 fully saturated rings. The van der Waals surface area contributed by atoms with E-state index in [-0.39, 0.29) is 18.0 Å². The summed E-state index contributed by atoms with van der Waals surface area (Å²) in [6.07, 6.45) is 0. The molecule has 0 atom stereocenters. The summed E-state index contributed by atoms with van der Waals surface area (Å²) >= 11 is 0. The predicted molar refractivity (Wildman–Crippen MR) is 47.1 cm³/mol. The highest BCUT2D eigenvalue weighted by Gasteiger charge is 2.11. The largest absolute Gasteiger partial charge is 0.380 e. The van der Waals surface area contributed by atoms with Gasteiger partial charge in [0.2, 0.25) is 0 Å². The standard InChI is InChI=1S/C10H11FO2/c1-7(12)10-8(6-13-2)4-3-5-9(10)11/h3-5H,6H2,1-2H3. The van der Waals surface area contributed by atoms with Crippen molar-refractivity contribution in [2.75, 3.05) is 7.11 Å². The Morgan fingerprint density at radius 3 is 2.77 bits per heavy atom. The van der Waals surface area contributed by atoms with Crippen LogP contribution in [0.25, 0.3) is 0 Å². The van der Waals surface area contributed by atoms with E-state index in [1.165, 1.54) is 20.1 Å². The number of carbonyl (C=O) groups excluding carboxylic acids is 1. The molecule has 0 aliphatic rings. The van der Waals surface area contributed by atoms with Crippen molar-refractivity contribution in [3.63, 3.8) is 0 Å². The lowest BCUT2D eigenvalue weighted by molar-refractivity contribution is 0.100. The van der Waals surface area contributed by atoms with E-state index in [9.17, 15) is 9.18 Å². The van der Waals surface area contributed by atoms with Gasteiger partial charge in [0, 0.05) is 7.11 Å². The quantitative estimate of drug-likeness (QED) is 0.669. The van der Waals surface area contributed by atoms with Crippen LogP contribution >= 0.6 is 0 Å². The van der Waals surface area contributed by atoms with Crippen LogP contribution in [0.4, 0.5) is 4.39 Å². The molecule has 1 aromatic carbocycles. The van der Waals surface area contributed by atoms with Gasteiger partial charge in [-0.3, -0.25) is 4.79 Å². The molecule has 0 unspecified atom stereocenters. The maximum absolute atomic E-state index is 13.1. The molecule has 70 valence electrons. The lowest BCUT2D eigenvalue weighted by Gasteiger charge is -2.06. The zero-order chi connectivity index (χ0) is 9.84. The smallest absolute Gasteiger partial charge is 0.163 e. The highest BCUT2D eigenvalue weighted by atomic mass is 19.1. The van der Waals surface area contributed by atoms with Crippen molar-refractivity contribution in [2.24, 2.45) is 0 Å². The lowest BCUT2D eigenvalue weighted by atomic mass is 10.0. The van der Waals surface area contributed by atoms with Crippen LogP contribution in [0.15, 0.2) is 18.2 Å². The minimum atomic E-state index is -0.484. The minimum absolute atomic E-state index is 0.129. The van der Waals surface area contributed by atoms with Gasteiger partial charge >= 0.3 is 0 Å². The van der Waals surface area contributed by atoms with Crippen LogP contribution in [0.1, 0.15) is 22.8 Å². The normalized spacial score (nSPS) is 10.1. The molecule has 0 heterocycles. The number of benzene rings is 1. The molecule has 1 rings (SSSR count). The Bertz CT molecular complexity index is 321. The number of ketones is 1. The van der Waals surface area contributed by atoms with Crippen LogP contribution in [0, 0.1) is 5.82 Å². The Hall–Kier alpha value is -1.22. The first-order valence-electron chi connectivity index (χ1n) is 3.94. The second-order valence-electron chi connectivity index (χ2n) is 2.76. The molecule has 2 nitrogen and oxygen atoms in total. The summed E-state index contributed by atoms with van der Waals surface area (Å²) in [4.78, 5) is 11.1. The van der Waals surface area contributed by atoms with Gasteiger partial charge in [-0.15, -0.1) is 0 Å². The Kier molecular flexibility index (Phi) is 3.14. The van der Waals surface area contributed by atoms with Gasteiger partial charge in [-0.25, -0.2) is 4.39 Å². The van der Waals surface area contributed by atoms with E-state index >= 15 is 0 Å². The molecule has 0 aliphatic heterocycles. The van der Waals surface area contributed by atoms with E-state index in [0.29, 0.717) is 5.56 Å². The number of halogens is 1. The molecule has 0 spiro atoms. The third-order valence-corrected chi connectivity index (χ3v) is 1.75. The first-order chi connectivity index (χ1) is 6.16. The van der Waals surface area contributed by atoms with Crippen LogP contribution in [0.3, 0.4) is 0 Å². The van der Waals surface area contributed by atoms with Crippen LogP contribution < -0.4 is 0 Å². The van der Waals surface area contributed by atoms with Crippen molar-refractivity contribution in [2.45, 2.75) is 13.5 Å². The number of hydrogen-bond donors (Lipinski definition) is 0. The fourth-order valence-electron chi connectivity index (χ4n) is 1.24. The van der Waals surface area contributed by atoms with Gasteiger partial charge in [0.25, 0.3) is 0 Å². The number of hydrogen-bond acceptors (Lipinski definition) is 2. The Morgan fingerprint density at radius 1 is 1.54 bits per heavy atom. The highest BCUT2D eigenvalue weighted by molar-refractivity contribution is 5.95. The Morgan fingerprint density at radius 2 is 2.23 bits per heavy atom. The van der Waals surface area contributed by atoms with E-state index in [1.807, 2.05) is 0 Å². The molecule has 0 radical (unpaired) electrons. The van der Waals surface area contributed by atoms with E-state index in [2.05, 4.69) is 0 Å². The molecular weight excluding hydrogens is 171 g/mol. The van der Waals surface area contributed by atoms with Gasteiger partial charge in [-0.1, -0.05) is 12.1 Å². The second-order valence-corrected chi connectivity index (χ2v) is 2.76. The molecule has 0 saturated carbocycles. The summed E-state index contributed by atoms with van der Waals surface area (Å²) in [5.74, 6) is -0.757. The third-order valence-electron chi connectivity index (χ3n) is 1.75. The minimum Gasteiger partial charge on any atom is -0.380 e.